The molecule has 0 aliphatic rings. The van der Waals surface area contributed by atoms with E-state index in [0.717, 1.165) is 6.07 Å². The Bertz CT molecular complexity index is 410. The number of carbonyl (C=O) groups excluding carboxylic acids is 1. The van der Waals surface area contributed by atoms with Crippen LogP contribution in [-0.4, -0.2) is 22.7 Å². The molecule has 1 aromatic heterocycles. The number of rotatable bonds is 3. The van der Waals surface area contributed by atoms with Gasteiger partial charge in [-0.15, -0.1) is 0 Å². The van der Waals surface area contributed by atoms with Crippen LogP contribution in [0.5, 0.6) is 5.75 Å². The van der Waals surface area contributed by atoms with Crippen molar-refractivity contribution in [3.05, 3.63) is 17.5 Å². The lowest BCUT2D eigenvalue weighted by Crippen LogP contribution is -2.10. The van der Waals surface area contributed by atoms with E-state index in [1.54, 1.807) is 0 Å². The summed E-state index contributed by atoms with van der Waals surface area (Å²) in [6.07, 6.45) is -2.88. The van der Waals surface area contributed by atoms with Crippen LogP contribution < -0.4 is 5.73 Å². The number of carbonyl (C=O) groups is 1. The highest BCUT2D eigenvalue weighted by atomic mass is 19.3. The molecule has 88 valence electrons. The number of hydrogen-bond donors (Lipinski definition) is 2. The number of nitrogen functional groups attached to an aromatic ring is 1. The zero-order chi connectivity index (χ0) is 12.3. The van der Waals surface area contributed by atoms with Gasteiger partial charge in [0.05, 0.1) is 12.3 Å². The quantitative estimate of drug-likeness (QED) is 0.771. The van der Waals surface area contributed by atoms with Gasteiger partial charge >= 0.3 is 5.97 Å². The summed E-state index contributed by atoms with van der Waals surface area (Å²) in [5.74, 6) is -1.64. The van der Waals surface area contributed by atoms with Crippen molar-refractivity contribution in [3.8, 4) is 5.75 Å². The van der Waals surface area contributed by atoms with Gasteiger partial charge in [0.2, 0.25) is 0 Å². The van der Waals surface area contributed by atoms with E-state index in [1.807, 2.05) is 0 Å². The van der Waals surface area contributed by atoms with E-state index in [1.165, 1.54) is 6.92 Å². The van der Waals surface area contributed by atoms with Gasteiger partial charge in [0.15, 0.2) is 11.4 Å². The normalized spacial score (nSPS) is 10.5. The summed E-state index contributed by atoms with van der Waals surface area (Å²) in [5.41, 5.74) is 3.64. The van der Waals surface area contributed by atoms with E-state index in [-0.39, 0.29) is 12.3 Å². The fourth-order valence-electron chi connectivity index (χ4n) is 1.03. The Labute approximate surface area is 89.9 Å². The van der Waals surface area contributed by atoms with Crippen LogP contribution in [0, 0.1) is 0 Å². The van der Waals surface area contributed by atoms with Gasteiger partial charge in [0, 0.05) is 0 Å². The SMILES string of the molecule is CCOC(=O)c1nc(C(F)F)cc(N)c1O. The second kappa shape index (κ2) is 4.73. The minimum atomic E-state index is -2.88. The minimum Gasteiger partial charge on any atom is -0.504 e. The molecule has 0 aromatic carbocycles. The molecule has 5 nitrogen and oxygen atoms in total. The van der Waals surface area contributed by atoms with Gasteiger partial charge in [-0.2, -0.15) is 0 Å². The standard InChI is InChI=1S/C9H10F2N2O3/c1-2-16-9(15)6-7(14)4(12)3-5(13-6)8(10)11/h3,8,14H,2H2,1H3,(H2,12,13). The second-order valence-electron chi connectivity index (χ2n) is 2.85. The van der Waals surface area contributed by atoms with Crippen molar-refractivity contribution in [1.29, 1.82) is 0 Å². The molecule has 0 unspecified atom stereocenters. The number of ether oxygens (including phenoxy) is 1. The third kappa shape index (κ3) is 2.36. The summed E-state index contributed by atoms with van der Waals surface area (Å²) >= 11 is 0. The van der Waals surface area contributed by atoms with Crippen LogP contribution in [0.1, 0.15) is 29.5 Å². The molecule has 7 heteroatoms. The summed E-state index contributed by atoms with van der Waals surface area (Å²) in [6.45, 7) is 1.58. The first-order valence-corrected chi connectivity index (χ1v) is 4.42. The lowest BCUT2D eigenvalue weighted by atomic mass is 10.2. The third-order valence-corrected chi connectivity index (χ3v) is 1.73. The van der Waals surface area contributed by atoms with E-state index < -0.39 is 29.5 Å². The lowest BCUT2D eigenvalue weighted by molar-refractivity contribution is 0.0514. The number of alkyl halides is 2. The monoisotopic (exact) mass is 232 g/mol. The summed E-state index contributed by atoms with van der Waals surface area (Å²) in [5, 5.41) is 9.37. The molecule has 0 saturated heterocycles. The van der Waals surface area contributed by atoms with Gasteiger partial charge in [-0.05, 0) is 13.0 Å². The van der Waals surface area contributed by atoms with Crippen LogP contribution >= 0.6 is 0 Å². The van der Waals surface area contributed by atoms with Crippen molar-refractivity contribution in [2.24, 2.45) is 0 Å². The molecule has 0 fully saturated rings. The Morgan fingerprint density at radius 1 is 1.69 bits per heavy atom. The largest absolute Gasteiger partial charge is 0.504 e. The van der Waals surface area contributed by atoms with Crippen molar-refractivity contribution in [1.82, 2.24) is 4.98 Å². The summed E-state index contributed by atoms with van der Waals surface area (Å²) in [6, 6.07) is 0.808. The number of nitrogens with zero attached hydrogens (tertiary/aromatic N) is 1. The fourth-order valence-corrected chi connectivity index (χ4v) is 1.03. The first kappa shape index (κ1) is 12.2. The number of nitrogens with two attached hydrogens (primary N) is 1. The number of aromatic hydroxyl groups is 1. The van der Waals surface area contributed by atoms with E-state index in [2.05, 4.69) is 9.72 Å². The zero-order valence-corrected chi connectivity index (χ0v) is 8.41. The molecular formula is C9H10F2N2O3. The first-order valence-electron chi connectivity index (χ1n) is 4.42. The molecule has 0 radical (unpaired) electrons. The van der Waals surface area contributed by atoms with Gasteiger partial charge in [-0.25, -0.2) is 18.6 Å². The average molecular weight is 232 g/mol. The van der Waals surface area contributed by atoms with Gasteiger partial charge in [0.1, 0.15) is 5.69 Å². The van der Waals surface area contributed by atoms with Gasteiger partial charge in [0.25, 0.3) is 6.43 Å². The van der Waals surface area contributed by atoms with Crippen LogP contribution in [0.4, 0.5) is 14.5 Å². The van der Waals surface area contributed by atoms with Gasteiger partial charge in [-0.3, -0.25) is 0 Å². The van der Waals surface area contributed by atoms with Crippen LogP contribution in [0.3, 0.4) is 0 Å². The van der Waals surface area contributed by atoms with Gasteiger partial charge < -0.3 is 15.6 Å². The second-order valence-corrected chi connectivity index (χ2v) is 2.85. The summed E-state index contributed by atoms with van der Waals surface area (Å²) < 4.78 is 29.2. The Hall–Kier alpha value is -1.92. The smallest absolute Gasteiger partial charge is 0.360 e. The number of pyridine rings is 1. The fraction of sp³-hybridized carbons (Fsp3) is 0.333. The maximum Gasteiger partial charge on any atom is 0.360 e. The maximum atomic E-state index is 12.4. The lowest BCUT2D eigenvalue weighted by Gasteiger charge is -2.08. The topological polar surface area (TPSA) is 85.4 Å². The number of hydrogen-bond acceptors (Lipinski definition) is 5. The van der Waals surface area contributed by atoms with Crippen LogP contribution in [0.2, 0.25) is 0 Å². The number of aromatic nitrogens is 1. The zero-order valence-electron chi connectivity index (χ0n) is 8.41. The van der Waals surface area contributed by atoms with Crippen LogP contribution in [-0.2, 0) is 4.74 Å². The third-order valence-electron chi connectivity index (χ3n) is 1.73. The first-order chi connectivity index (χ1) is 7.47. The van der Waals surface area contributed by atoms with Crippen molar-refractivity contribution >= 4 is 11.7 Å². The van der Waals surface area contributed by atoms with Crippen molar-refractivity contribution in [2.75, 3.05) is 12.3 Å². The van der Waals surface area contributed by atoms with E-state index in [0.29, 0.717) is 0 Å². The van der Waals surface area contributed by atoms with Gasteiger partial charge in [-0.1, -0.05) is 0 Å². The number of halogens is 2. The highest BCUT2D eigenvalue weighted by molar-refractivity contribution is 5.92. The molecule has 0 aliphatic heterocycles. The molecule has 3 N–H and O–H groups in total. The molecule has 0 bridgehead atoms. The Balaban J connectivity index is 3.21. The molecule has 1 heterocycles. The molecule has 0 spiro atoms. The van der Waals surface area contributed by atoms with Crippen molar-refractivity contribution in [2.45, 2.75) is 13.3 Å². The molecular weight excluding hydrogens is 222 g/mol. The summed E-state index contributed by atoms with van der Waals surface area (Å²) in [4.78, 5) is 14.5. The Kier molecular flexibility index (Phi) is 3.60. The molecule has 0 saturated carbocycles. The highest BCUT2D eigenvalue weighted by Gasteiger charge is 2.21. The van der Waals surface area contributed by atoms with E-state index in [4.69, 9.17) is 5.73 Å². The van der Waals surface area contributed by atoms with Crippen LogP contribution in [0.25, 0.3) is 0 Å². The predicted octanol–water partition coefficient (Wildman–Crippen LogP) is 1.48. The van der Waals surface area contributed by atoms with Crippen LogP contribution in [0.15, 0.2) is 6.07 Å². The Morgan fingerprint density at radius 3 is 2.81 bits per heavy atom. The molecule has 0 aliphatic carbocycles. The minimum absolute atomic E-state index is 0.0404. The molecule has 1 aromatic rings. The molecule has 0 atom stereocenters. The highest BCUT2D eigenvalue weighted by Crippen LogP contribution is 2.28. The van der Waals surface area contributed by atoms with E-state index >= 15 is 0 Å². The van der Waals surface area contributed by atoms with E-state index in [9.17, 15) is 18.7 Å². The van der Waals surface area contributed by atoms with Crippen molar-refractivity contribution in [3.63, 3.8) is 0 Å². The number of esters is 1. The average Bonchev–Trinajstić information content (AvgIpc) is 2.21. The maximum absolute atomic E-state index is 12.4. The molecule has 16 heavy (non-hydrogen) atoms. The molecule has 1 rings (SSSR count). The number of anilines is 1. The predicted molar refractivity (Wildman–Crippen MR) is 51.2 cm³/mol. The Morgan fingerprint density at radius 2 is 2.31 bits per heavy atom. The summed E-state index contributed by atoms with van der Waals surface area (Å²) in [7, 11) is 0. The molecule has 0 amide bonds. The van der Waals surface area contributed by atoms with Crippen molar-refractivity contribution < 1.29 is 23.4 Å².